The fraction of sp³-hybridized carbons (Fsp3) is 0.423. The van der Waals surface area contributed by atoms with Crippen LogP contribution in [0.1, 0.15) is 54.7 Å². The predicted octanol–water partition coefficient (Wildman–Crippen LogP) is 4.85. The van der Waals surface area contributed by atoms with Crippen LogP contribution in [0.5, 0.6) is 0 Å². The molecule has 7 heteroatoms. The first-order valence-corrected chi connectivity index (χ1v) is 12.3. The number of benzene rings is 2. The van der Waals surface area contributed by atoms with Crippen molar-refractivity contribution in [3.63, 3.8) is 0 Å². The van der Waals surface area contributed by atoms with Gasteiger partial charge in [0.1, 0.15) is 12.4 Å². The van der Waals surface area contributed by atoms with Gasteiger partial charge < -0.3 is 14.8 Å². The Bertz CT molecular complexity index is 1100. The number of amides is 2. The summed E-state index contributed by atoms with van der Waals surface area (Å²) < 4.78 is 2.09. The zero-order valence-corrected chi connectivity index (χ0v) is 19.7. The minimum absolute atomic E-state index is 0.101. The van der Waals surface area contributed by atoms with E-state index in [9.17, 15) is 9.59 Å². The number of hydrogen-bond acceptors (Lipinski definition) is 3. The number of piperidine rings is 1. The highest BCUT2D eigenvalue weighted by Crippen LogP contribution is 2.19. The highest BCUT2D eigenvalue weighted by Gasteiger charge is 2.19. The Hall–Kier alpha value is -2.86. The molecule has 0 radical (unpaired) electrons. The van der Waals surface area contributed by atoms with E-state index in [1.165, 1.54) is 6.42 Å². The number of nitrogens with zero attached hydrogens (tertiary/aromatic N) is 3. The van der Waals surface area contributed by atoms with E-state index < -0.39 is 0 Å². The van der Waals surface area contributed by atoms with Crippen LogP contribution in [0, 0.1) is 0 Å². The molecule has 3 aromatic rings. The SMILES string of the molecule is O=C(NCCCCCc1nc2ccccc2n1CC(=O)N1CCCCC1)c1cccc(Cl)c1. The quantitative estimate of drug-likeness (QED) is 0.458. The first-order chi connectivity index (χ1) is 16.1. The molecule has 4 rings (SSSR count). The molecule has 1 saturated heterocycles. The molecule has 174 valence electrons. The summed E-state index contributed by atoms with van der Waals surface area (Å²) in [4.78, 5) is 31.9. The lowest BCUT2D eigenvalue weighted by Gasteiger charge is -2.27. The van der Waals surface area contributed by atoms with Crippen molar-refractivity contribution >= 4 is 34.4 Å². The molecular formula is C26H31ClN4O2. The number of hydrogen-bond donors (Lipinski definition) is 1. The predicted molar refractivity (Wildman–Crippen MR) is 132 cm³/mol. The van der Waals surface area contributed by atoms with Gasteiger partial charge in [0.2, 0.25) is 5.91 Å². The number of halogens is 1. The standard InChI is InChI=1S/C26H31ClN4O2/c27-21-11-9-10-20(18-21)26(33)28-15-6-1-3-14-24-29-22-12-4-5-13-23(22)31(24)19-25(32)30-16-7-2-8-17-30/h4-5,9-13,18H,1-3,6-8,14-17,19H2,(H,28,33). The van der Waals surface area contributed by atoms with E-state index in [1.807, 2.05) is 29.2 Å². The van der Waals surface area contributed by atoms with Crippen molar-refractivity contribution in [1.29, 1.82) is 0 Å². The second-order valence-corrected chi connectivity index (χ2v) is 9.06. The van der Waals surface area contributed by atoms with Gasteiger partial charge in [-0.3, -0.25) is 9.59 Å². The van der Waals surface area contributed by atoms with Gasteiger partial charge in [0.25, 0.3) is 5.91 Å². The lowest BCUT2D eigenvalue weighted by Crippen LogP contribution is -2.38. The van der Waals surface area contributed by atoms with Crippen LogP contribution in [0.25, 0.3) is 11.0 Å². The summed E-state index contributed by atoms with van der Waals surface area (Å²) in [6.07, 6.45) is 7.02. The van der Waals surface area contributed by atoms with Gasteiger partial charge in [-0.2, -0.15) is 0 Å². The fourth-order valence-corrected chi connectivity index (χ4v) is 4.58. The molecule has 0 atom stereocenters. The van der Waals surface area contributed by atoms with Crippen molar-refractivity contribution < 1.29 is 9.59 Å². The van der Waals surface area contributed by atoms with Gasteiger partial charge in [-0.25, -0.2) is 4.98 Å². The Kier molecular flexibility index (Phi) is 8.00. The van der Waals surface area contributed by atoms with Crippen molar-refractivity contribution in [2.24, 2.45) is 0 Å². The van der Waals surface area contributed by atoms with E-state index in [2.05, 4.69) is 9.88 Å². The number of aromatic nitrogens is 2. The van der Waals surface area contributed by atoms with E-state index in [0.717, 1.165) is 68.5 Å². The van der Waals surface area contributed by atoms with E-state index in [0.29, 0.717) is 23.7 Å². The van der Waals surface area contributed by atoms with Crippen LogP contribution in [0.2, 0.25) is 5.02 Å². The number of aryl methyl sites for hydroxylation is 1. The smallest absolute Gasteiger partial charge is 0.251 e. The summed E-state index contributed by atoms with van der Waals surface area (Å²) in [7, 11) is 0. The number of fused-ring (bicyclic) bond motifs is 1. The summed E-state index contributed by atoms with van der Waals surface area (Å²) in [6, 6.07) is 15.0. The number of imidazole rings is 1. The third-order valence-corrected chi connectivity index (χ3v) is 6.42. The molecule has 6 nitrogen and oxygen atoms in total. The molecule has 1 aromatic heterocycles. The third kappa shape index (κ3) is 6.14. The summed E-state index contributed by atoms with van der Waals surface area (Å²) in [6.45, 7) is 2.70. The van der Waals surface area contributed by atoms with E-state index in [-0.39, 0.29) is 11.8 Å². The molecule has 0 spiro atoms. The average molecular weight is 467 g/mol. The lowest BCUT2D eigenvalue weighted by molar-refractivity contribution is -0.132. The molecular weight excluding hydrogens is 436 g/mol. The number of para-hydroxylation sites is 2. The first kappa shape index (κ1) is 23.3. The number of nitrogens with one attached hydrogen (secondary N) is 1. The van der Waals surface area contributed by atoms with Gasteiger partial charge in [-0.05, 0) is 62.4 Å². The topological polar surface area (TPSA) is 67.2 Å². The highest BCUT2D eigenvalue weighted by molar-refractivity contribution is 6.30. The number of unbranched alkanes of at least 4 members (excludes halogenated alkanes) is 2. The summed E-state index contributed by atoms with van der Waals surface area (Å²) in [5, 5.41) is 3.51. The summed E-state index contributed by atoms with van der Waals surface area (Å²) in [5.74, 6) is 1.04. The number of rotatable bonds is 9. The minimum atomic E-state index is -0.101. The van der Waals surface area contributed by atoms with Crippen molar-refractivity contribution in [2.45, 2.75) is 51.5 Å². The van der Waals surface area contributed by atoms with Crippen molar-refractivity contribution in [3.05, 3.63) is 64.9 Å². The molecule has 2 aromatic carbocycles. The first-order valence-electron chi connectivity index (χ1n) is 11.9. The Morgan fingerprint density at radius 1 is 0.970 bits per heavy atom. The largest absolute Gasteiger partial charge is 0.352 e. The van der Waals surface area contributed by atoms with Gasteiger partial charge >= 0.3 is 0 Å². The van der Waals surface area contributed by atoms with Crippen LogP contribution in [-0.2, 0) is 17.8 Å². The maximum atomic E-state index is 12.9. The van der Waals surface area contributed by atoms with Crippen LogP contribution >= 0.6 is 11.6 Å². The molecule has 0 aliphatic carbocycles. The fourth-order valence-electron chi connectivity index (χ4n) is 4.39. The molecule has 0 bridgehead atoms. The Morgan fingerprint density at radius 3 is 2.61 bits per heavy atom. The van der Waals surface area contributed by atoms with Gasteiger partial charge in [0.15, 0.2) is 0 Å². The van der Waals surface area contributed by atoms with Crippen LogP contribution in [0.4, 0.5) is 0 Å². The normalized spacial score (nSPS) is 13.9. The number of carbonyl (C=O) groups is 2. The third-order valence-electron chi connectivity index (χ3n) is 6.19. The minimum Gasteiger partial charge on any atom is -0.352 e. The van der Waals surface area contributed by atoms with Crippen LogP contribution < -0.4 is 5.32 Å². The summed E-state index contributed by atoms with van der Waals surface area (Å²) >= 11 is 5.96. The zero-order valence-electron chi connectivity index (χ0n) is 18.9. The molecule has 2 heterocycles. The van der Waals surface area contributed by atoms with Gasteiger partial charge in [-0.1, -0.05) is 36.2 Å². The van der Waals surface area contributed by atoms with Gasteiger partial charge in [0, 0.05) is 36.6 Å². The molecule has 0 unspecified atom stereocenters. The molecule has 1 fully saturated rings. The monoisotopic (exact) mass is 466 g/mol. The second-order valence-electron chi connectivity index (χ2n) is 8.62. The second kappa shape index (κ2) is 11.3. The lowest BCUT2D eigenvalue weighted by atomic mass is 10.1. The molecule has 1 aliphatic rings. The van der Waals surface area contributed by atoms with E-state index in [1.54, 1.807) is 24.3 Å². The summed E-state index contributed by atoms with van der Waals surface area (Å²) in [5.41, 5.74) is 2.54. The molecule has 1 aliphatic heterocycles. The van der Waals surface area contributed by atoms with E-state index in [4.69, 9.17) is 16.6 Å². The molecule has 0 saturated carbocycles. The van der Waals surface area contributed by atoms with Gasteiger partial charge in [-0.15, -0.1) is 0 Å². The van der Waals surface area contributed by atoms with Gasteiger partial charge in [0.05, 0.1) is 11.0 Å². The Balaban J connectivity index is 1.29. The number of likely N-dealkylation sites (tertiary alicyclic amines) is 1. The zero-order chi connectivity index (χ0) is 23.0. The maximum absolute atomic E-state index is 12.9. The Labute approximate surface area is 199 Å². The maximum Gasteiger partial charge on any atom is 0.251 e. The van der Waals surface area contributed by atoms with Crippen molar-refractivity contribution in [3.8, 4) is 0 Å². The van der Waals surface area contributed by atoms with Crippen molar-refractivity contribution in [2.75, 3.05) is 19.6 Å². The molecule has 33 heavy (non-hydrogen) atoms. The average Bonchev–Trinajstić information content (AvgIpc) is 3.18. The van der Waals surface area contributed by atoms with Crippen LogP contribution in [0.15, 0.2) is 48.5 Å². The number of carbonyl (C=O) groups excluding carboxylic acids is 2. The molecule has 2 amide bonds. The highest BCUT2D eigenvalue weighted by atomic mass is 35.5. The van der Waals surface area contributed by atoms with E-state index >= 15 is 0 Å². The Morgan fingerprint density at radius 2 is 1.79 bits per heavy atom. The molecule has 1 N–H and O–H groups in total. The van der Waals surface area contributed by atoms with Crippen LogP contribution in [-0.4, -0.2) is 45.9 Å². The van der Waals surface area contributed by atoms with Crippen molar-refractivity contribution in [1.82, 2.24) is 19.8 Å². The van der Waals surface area contributed by atoms with Crippen LogP contribution in [0.3, 0.4) is 0 Å².